The van der Waals surface area contributed by atoms with E-state index < -0.39 is 0 Å². The van der Waals surface area contributed by atoms with Crippen LogP contribution in [0.25, 0.3) is 0 Å². The van der Waals surface area contributed by atoms with Gasteiger partial charge in [-0.15, -0.1) is 0 Å². The van der Waals surface area contributed by atoms with Crippen LogP contribution in [0.15, 0.2) is 24.3 Å². The highest BCUT2D eigenvalue weighted by atomic mass is 32.1. The smallest absolute Gasteiger partial charge is 0.195 e. The van der Waals surface area contributed by atoms with Crippen molar-refractivity contribution in [2.24, 2.45) is 0 Å². The Morgan fingerprint density at radius 1 is 1.45 bits per heavy atom. The van der Waals surface area contributed by atoms with Gasteiger partial charge in [0.15, 0.2) is 10.6 Å². The van der Waals surface area contributed by atoms with E-state index in [0.717, 1.165) is 36.8 Å². The molecule has 1 N–H and O–H groups in total. The van der Waals surface area contributed by atoms with Crippen LogP contribution >= 0.6 is 12.2 Å². The summed E-state index contributed by atoms with van der Waals surface area (Å²) in [5.74, 6) is 2.26. The van der Waals surface area contributed by atoms with Crippen LogP contribution in [0.5, 0.6) is 11.5 Å². The van der Waals surface area contributed by atoms with Gasteiger partial charge in [-0.05, 0) is 37.2 Å². The number of hydrogen-bond acceptors (Lipinski definition) is 5. The zero-order valence-electron chi connectivity index (χ0n) is 12.4. The lowest BCUT2D eigenvalue weighted by molar-refractivity contribution is 0.0949. The fraction of sp³-hybridized carbons (Fsp3) is 0.467. The van der Waals surface area contributed by atoms with E-state index in [0.29, 0.717) is 17.9 Å². The van der Waals surface area contributed by atoms with Gasteiger partial charge in [0, 0.05) is 12.7 Å². The van der Waals surface area contributed by atoms with Crippen LogP contribution in [-0.4, -0.2) is 34.6 Å². The van der Waals surface area contributed by atoms with Crippen molar-refractivity contribution in [1.29, 1.82) is 0 Å². The third-order valence-electron chi connectivity index (χ3n) is 3.66. The first kappa shape index (κ1) is 15.1. The molecule has 0 amide bonds. The van der Waals surface area contributed by atoms with Gasteiger partial charge >= 0.3 is 0 Å². The minimum absolute atomic E-state index is 0.208. The third kappa shape index (κ3) is 3.48. The Kier molecular flexibility index (Phi) is 4.74. The van der Waals surface area contributed by atoms with Gasteiger partial charge in [0.1, 0.15) is 18.1 Å². The zero-order chi connectivity index (χ0) is 15.4. The Morgan fingerprint density at radius 2 is 2.32 bits per heavy atom. The number of hydrogen-bond donors (Lipinski definition) is 1. The third-order valence-corrected chi connectivity index (χ3v) is 3.97. The van der Waals surface area contributed by atoms with Crippen molar-refractivity contribution >= 4 is 12.2 Å². The maximum absolute atomic E-state index is 5.78. The van der Waals surface area contributed by atoms with Gasteiger partial charge in [-0.1, -0.05) is 6.07 Å². The highest BCUT2D eigenvalue weighted by Crippen LogP contribution is 2.20. The maximum Gasteiger partial charge on any atom is 0.195 e. The predicted molar refractivity (Wildman–Crippen MR) is 83.7 cm³/mol. The van der Waals surface area contributed by atoms with Crippen LogP contribution in [0.3, 0.4) is 0 Å². The van der Waals surface area contributed by atoms with Gasteiger partial charge in [-0.2, -0.15) is 5.10 Å². The van der Waals surface area contributed by atoms with E-state index >= 15 is 0 Å². The Balaban J connectivity index is 1.68. The zero-order valence-corrected chi connectivity index (χ0v) is 13.3. The number of H-pyrrole nitrogens is 1. The van der Waals surface area contributed by atoms with E-state index in [4.69, 9.17) is 26.4 Å². The molecular formula is C15H19N3O3S. The summed E-state index contributed by atoms with van der Waals surface area (Å²) in [6.07, 6.45) is 2.37. The number of methoxy groups -OCH3 is 1. The lowest BCUT2D eigenvalue weighted by Gasteiger charge is -2.13. The number of aromatic amines is 1. The lowest BCUT2D eigenvalue weighted by Crippen LogP contribution is -2.18. The van der Waals surface area contributed by atoms with Crippen LogP contribution in [0.2, 0.25) is 0 Å². The number of nitrogens with one attached hydrogen (secondary N) is 1. The molecule has 22 heavy (non-hydrogen) atoms. The first-order valence-electron chi connectivity index (χ1n) is 7.29. The van der Waals surface area contributed by atoms with Crippen molar-refractivity contribution in [3.63, 3.8) is 0 Å². The van der Waals surface area contributed by atoms with E-state index in [9.17, 15) is 0 Å². The van der Waals surface area contributed by atoms with Gasteiger partial charge in [-0.3, -0.25) is 9.67 Å². The monoisotopic (exact) mass is 321 g/mol. The van der Waals surface area contributed by atoms with E-state index in [1.807, 2.05) is 28.8 Å². The summed E-state index contributed by atoms with van der Waals surface area (Å²) >= 11 is 5.29. The molecule has 1 atom stereocenters. The molecule has 7 heteroatoms. The van der Waals surface area contributed by atoms with Crippen LogP contribution in [0.4, 0.5) is 0 Å². The van der Waals surface area contributed by atoms with Crippen LogP contribution in [0.1, 0.15) is 18.7 Å². The summed E-state index contributed by atoms with van der Waals surface area (Å²) in [6, 6.07) is 7.48. The summed E-state index contributed by atoms with van der Waals surface area (Å²) in [4.78, 5) is 0. The topological polar surface area (TPSA) is 61.3 Å². The highest BCUT2D eigenvalue weighted by Gasteiger charge is 2.18. The normalized spacial score (nSPS) is 17.6. The first-order valence-corrected chi connectivity index (χ1v) is 7.69. The van der Waals surface area contributed by atoms with Crippen molar-refractivity contribution in [3.05, 3.63) is 34.9 Å². The van der Waals surface area contributed by atoms with Crippen molar-refractivity contribution in [2.45, 2.75) is 32.1 Å². The van der Waals surface area contributed by atoms with Crippen LogP contribution in [0, 0.1) is 4.77 Å². The molecule has 0 radical (unpaired) electrons. The Bertz CT molecular complexity index is 677. The summed E-state index contributed by atoms with van der Waals surface area (Å²) in [5, 5.41) is 7.07. The molecular weight excluding hydrogens is 302 g/mol. The van der Waals surface area contributed by atoms with Gasteiger partial charge in [0.25, 0.3) is 0 Å². The second-order valence-electron chi connectivity index (χ2n) is 5.16. The van der Waals surface area contributed by atoms with Crippen molar-refractivity contribution in [1.82, 2.24) is 14.8 Å². The van der Waals surface area contributed by atoms with E-state index in [1.165, 1.54) is 0 Å². The lowest BCUT2D eigenvalue weighted by atomic mass is 10.2. The standard InChI is InChI=1S/C15H19N3O3S/c1-19-11-4-2-5-12(8-11)21-10-14-16-17-15(22)18(14)9-13-6-3-7-20-13/h2,4-5,8,13H,3,6-7,9-10H2,1H3,(H,17,22)/t13-/m0/s1. The molecule has 0 aliphatic carbocycles. The summed E-state index contributed by atoms with van der Waals surface area (Å²) in [5.41, 5.74) is 0. The molecule has 0 saturated carbocycles. The molecule has 6 nitrogen and oxygen atoms in total. The minimum Gasteiger partial charge on any atom is -0.497 e. The number of benzene rings is 1. The summed E-state index contributed by atoms with van der Waals surface area (Å²) in [7, 11) is 1.63. The molecule has 1 aromatic carbocycles. The fourth-order valence-corrected chi connectivity index (χ4v) is 2.71. The number of nitrogens with zero attached hydrogens (tertiary/aromatic N) is 2. The molecule has 2 aromatic rings. The molecule has 0 unspecified atom stereocenters. The molecule has 0 bridgehead atoms. The van der Waals surface area contributed by atoms with E-state index in [2.05, 4.69) is 10.2 Å². The van der Waals surface area contributed by atoms with E-state index in [-0.39, 0.29) is 6.10 Å². The average Bonchev–Trinajstić information content (AvgIpc) is 3.17. The van der Waals surface area contributed by atoms with Gasteiger partial charge in [0.05, 0.1) is 19.8 Å². The van der Waals surface area contributed by atoms with Crippen molar-refractivity contribution in [2.75, 3.05) is 13.7 Å². The van der Waals surface area contributed by atoms with Crippen molar-refractivity contribution < 1.29 is 14.2 Å². The molecule has 1 aliphatic rings. The molecule has 2 heterocycles. The maximum atomic E-state index is 5.78. The second kappa shape index (κ2) is 6.93. The number of aromatic nitrogens is 3. The average molecular weight is 321 g/mol. The fourth-order valence-electron chi connectivity index (χ4n) is 2.48. The van der Waals surface area contributed by atoms with E-state index in [1.54, 1.807) is 7.11 Å². The molecule has 1 aliphatic heterocycles. The summed E-state index contributed by atoms with van der Waals surface area (Å²) < 4.78 is 19.2. The predicted octanol–water partition coefficient (Wildman–Crippen LogP) is 2.71. The van der Waals surface area contributed by atoms with Crippen molar-refractivity contribution in [3.8, 4) is 11.5 Å². The molecule has 118 valence electrons. The minimum atomic E-state index is 0.208. The Labute approximate surface area is 134 Å². The van der Waals surface area contributed by atoms with Crippen LogP contribution < -0.4 is 9.47 Å². The highest BCUT2D eigenvalue weighted by molar-refractivity contribution is 7.71. The SMILES string of the molecule is COc1cccc(OCc2n[nH]c(=S)n2C[C@@H]2CCCO2)c1. The Morgan fingerprint density at radius 3 is 3.09 bits per heavy atom. The molecule has 1 aromatic heterocycles. The summed E-state index contributed by atoms with van der Waals surface area (Å²) in [6.45, 7) is 1.88. The molecule has 1 saturated heterocycles. The second-order valence-corrected chi connectivity index (χ2v) is 5.54. The van der Waals surface area contributed by atoms with Gasteiger partial charge in [-0.25, -0.2) is 0 Å². The van der Waals surface area contributed by atoms with Gasteiger partial charge in [0.2, 0.25) is 0 Å². The number of rotatable bonds is 6. The molecule has 3 rings (SSSR count). The first-order chi connectivity index (χ1) is 10.8. The number of ether oxygens (including phenoxy) is 3. The molecule has 1 fully saturated rings. The van der Waals surface area contributed by atoms with Crippen LogP contribution in [-0.2, 0) is 17.9 Å². The molecule has 0 spiro atoms. The largest absolute Gasteiger partial charge is 0.497 e. The quantitative estimate of drug-likeness (QED) is 0.829. The van der Waals surface area contributed by atoms with Gasteiger partial charge < -0.3 is 14.2 Å². The Hall–Kier alpha value is -1.86.